The number of hydrogen-bond donors (Lipinski definition) is 2. The zero-order chi connectivity index (χ0) is 21.3. The first-order valence-corrected chi connectivity index (χ1v) is 10.6. The Hall–Kier alpha value is -2.86. The third kappa shape index (κ3) is 6.07. The first-order valence-electron chi connectivity index (χ1n) is 10.2. The predicted octanol–water partition coefficient (Wildman–Crippen LogP) is 3.93. The highest BCUT2D eigenvalue weighted by molar-refractivity contribution is 6.30. The van der Waals surface area contributed by atoms with Crippen LogP contribution in [0.1, 0.15) is 43.7 Å². The molecule has 0 aromatic heterocycles. The van der Waals surface area contributed by atoms with Crippen molar-refractivity contribution in [2.45, 2.75) is 38.1 Å². The summed E-state index contributed by atoms with van der Waals surface area (Å²) in [6, 6.07) is 15.6. The minimum atomic E-state index is -0.637. The molecule has 30 heavy (non-hydrogen) atoms. The van der Waals surface area contributed by atoms with E-state index in [2.05, 4.69) is 10.6 Å². The molecule has 1 aliphatic heterocycles. The normalized spacial score (nSPS) is 14.8. The molecule has 1 unspecified atom stereocenters. The molecule has 0 radical (unpaired) electrons. The van der Waals surface area contributed by atoms with Crippen LogP contribution in [0.15, 0.2) is 54.6 Å². The number of rotatable bonds is 8. The lowest BCUT2D eigenvalue weighted by molar-refractivity contribution is -0.142. The average molecular weight is 428 g/mol. The number of anilines is 1. The van der Waals surface area contributed by atoms with Crippen LogP contribution in [0.2, 0.25) is 5.02 Å². The smallest absolute Gasteiger partial charge is 0.247 e. The number of carbonyl (C=O) groups excluding carboxylic acids is 3. The summed E-state index contributed by atoms with van der Waals surface area (Å²) in [5, 5.41) is 6.30. The molecule has 1 fully saturated rings. The number of nitrogens with zero attached hydrogens (tertiary/aromatic N) is 1. The molecule has 0 bridgehead atoms. The number of carbonyl (C=O) groups is 3. The van der Waals surface area contributed by atoms with Crippen molar-refractivity contribution in [3.05, 3.63) is 65.2 Å². The first-order chi connectivity index (χ1) is 14.5. The standard InChI is InChI=1S/C23H26ClN3O3/c24-18-11-13-19(14-12-18)26-20(28)9-6-15-25-23(30)22(17-7-2-1-3-8-17)27-16-5-4-10-21(27)29/h1-3,7-8,11-14,22H,4-6,9-10,15-16H2,(H,25,30)(H,26,28). The van der Waals surface area contributed by atoms with Gasteiger partial charge in [0, 0.05) is 36.6 Å². The molecule has 3 rings (SSSR count). The monoisotopic (exact) mass is 427 g/mol. The van der Waals surface area contributed by atoms with Gasteiger partial charge >= 0.3 is 0 Å². The van der Waals surface area contributed by atoms with E-state index in [0.717, 1.165) is 18.4 Å². The van der Waals surface area contributed by atoms with Crippen LogP contribution in [-0.2, 0) is 14.4 Å². The van der Waals surface area contributed by atoms with Gasteiger partial charge in [0.15, 0.2) is 0 Å². The number of benzene rings is 2. The molecular formula is C23H26ClN3O3. The Balaban J connectivity index is 1.52. The Bertz CT molecular complexity index is 871. The highest BCUT2D eigenvalue weighted by Gasteiger charge is 2.32. The Kier molecular flexibility index (Phi) is 7.85. The molecule has 2 aromatic rings. The summed E-state index contributed by atoms with van der Waals surface area (Å²) in [5.41, 5.74) is 1.48. The van der Waals surface area contributed by atoms with E-state index in [1.165, 1.54) is 0 Å². The van der Waals surface area contributed by atoms with Crippen LogP contribution in [0.3, 0.4) is 0 Å². The number of halogens is 1. The van der Waals surface area contributed by atoms with Crippen molar-refractivity contribution < 1.29 is 14.4 Å². The zero-order valence-corrected chi connectivity index (χ0v) is 17.5. The van der Waals surface area contributed by atoms with E-state index in [9.17, 15) is 14.4 Å². The van der Waals surface area contributed by atoms with Gasteiger partial charge in [0.2, 0.25) is 17.7 Å². The van der Waals surface area contributed by atoms with Gasteiger partial charge in [0.1, 0.15) is 6.04 Å². The second-order valence-corrected chi connectivity index (χ2v) is 7.74. The van der Waals surface area contributed by atoms with Crippen LogP contribution in [0.4, 0.5) is 5.69 Å². The SMILES string of the molecule is O=C(CCCNC(=O)C(c1ccccc1)N1CCCCC1=O)Nc1ccc(Cl)cc1. The van der Waals surface area contributed by atoms with Crippen LogP contribution >= 0.6 is 11.6 Å². The van der Waals surface area contributed by atoms with E-state index in [4.69, 9.17) is 11.6 Å². The van der Waals surface area contributed by atoms with Gasteiger partial charge in [0.05, 0.1) is 0 Å². The van der Waals surface area contributed by atoms with E-state index < -0.39 is 6.04 Å². The van der Waals surface area contributed by atoms with E-state index in [1.54, 1.807) is 29.2 Å². The van der Waals surface area contributed by atoms with Crippen LogP contribution in [0.25, 0.3) is 0 Å². The second-order valence-electron chi connectivity index (χ2n) is 7.31. The lowest BCUT2D eigenvalue weighted by Crippen LogP contribution is -2.46. The van der Waals surface area contributed by atoms with Crippen molar-refractivity contribution in [2.24, 2.45) is 0 Å². The molecule has 1 heterocycles. The van der Waals surface area contributed by atoms with Crippen LogP contribution in [-0.4, -0.2) is 35.7 Å². The Morgan fingerprint density at radius 1 is 1.03 bits per heavy atom. The maximum Gasteiger partial charge on any atom is 0.247 e. The third-order valence-corrected chi connectivity index (χ3v) is 5.30. The minimum Gasteiger partial charge on any atom is -0.354 e. The maximum atomic E-state index is 12.9. The fourth-order valence-corrected chi connectivity index (χ4v) is 3.65. The molecule has 0 spiro atoms. The van der Waals surface area contributed by atoms with Gasteiger partial charge in [-0.15, -0.1) is 0 Å². The quantitative estimate of drug-likeness (QED) is 0.626. The summed E-state index contributed by atoms with van der Waals surface area (Å²) in [6.45, 7) is 0.938. The molecule has 1 atom stereocenters. The van der Waals surface area contributed by atoms with Crippen molar-refractivity contribution >= 4 is 35.0 Å². The van der Waals surface area contributed by atoms with E-state index in [1.807, 2.05) is 30.3 Å². The summed E-state index contributed by atoms with van der Waals surface area (Å²) in [6.07, 6.45) is 3.01. The van der Waals surface area contributed by atoms with Crippen LogP contribution in [0, 0.1) is 0 Å². The Labute approximate surface area is 181 Å². The van der Waals surface area contributed by atoms with Gasteiger partial charge in [-0.2, -0.15) is 0 Å². The number of likely N-dealkylation sites (tertiary alicyclic amines) is 1. The predicted molar refractivity (Wildman–Crippen MR) is 117 cm³/mol. The Morgan fingerprint density at radius 2 is 1.77 bits per heavy atom. The maximum absolute atomic E-state index is 12.9. The molecule has 6 nitrogen and oxygen atoms in total. The summed E-state index contributed by atoms with van der Waals surface area (Å²) in [5.74, 6) is -0.334. The summed E-state index contributed by atoms with van der Waals surface area (Å²) in [4.78, 5) is 39.1. The van der Waals surface area contributed by atoms with Gasteiger partial charge in [-0.05, 0) is 49.1 Å². The number of amides is 3. The molecule has 7 heteroatoms. The summed E-state index contributed by atoms with van der Waals surface area (Å²) in [7, 11) is 0. The number of hydrogen-bond acceptors (Lipinski definition) is 3. The van der Waals surface area contributed by atoms with Gasteiger partial charge in [0.25, 0.3) is 0 Å². The largest absolute Gasteiger partial charge is 0.354 e. The lowest BCUT2D eigenvalue weighted by atomic mass is 10.0. The molecule has 1 aliphatic rings. The van der Waals surface area contributed by atoms with E-state index >= 15 is 0 Å². The average Bonchev–Trinajstić information content (AvgIpc) is 2.75. The van der Waals surface area contributed by atoms with Crippen molar-refractivity contribution in [1.82, 2.24) is 10.2 Å². The molecule has 0 aliphatic carbocycles. The van der Waals surface area contributed by atoms with Gasteiger partial charge in [-0.25, -0.2) is 0 Å². The van der Waals surface area contributed by atoms with Gasteiger partial charge in [-0.3, -0.25) is 14.4 Å². The summed E-state index contributed by atoms with van der Waals surface area (Å²) >= 11 is 5.84. The summed E-state index contributed by atoms with van der Waals surface area (Å²) < 4.78 is 0. The number of nitrogens with one attached hydrogen (secondary N) is 2. The fourth-order valence-electron chi connectivity index (χ4n) is 3.52. The molecule has 0 saturated carbocycles. The van der Waals surface area contributed by atoms with Gasteiger partial charge < -0.3 is 15.5 Å². The molecule has 2 N–H and O–H groups in total. The van der Waals surface area contributed by atoms with E-state index in [0.29, 0.717) is 36.6 Å². The third-order valence-electron chi connectivity index (χ3n) is 5.04. The van der Waals surface area contributed by atoms with Crippen LogP contribution in [0.5, 0.6) is 0 Å². The molecule has 1 saturated heterocycles. The topological polar surface area (TPSA) is 78.5 Å². The fraction of sp³-hybridized carbons (Fsp3) is 0.348. The first kappa shape index (κ1) is 21.8. The zero-order valence-electron chi connectivity index (χ0n) is 16.8. The van der Waals surface area contributed by atoms with E-state index in [-0.39, 0.29) is 24.1 Å². The molecule has 2 aromatic carbocycles. The van der Waals surface area contributed by atoms with Crippen molar-refractivity contribution in [2.75, 3.05) is 18.4 Å². The minimum absolute atomic E-state index is 0.00703. The molecule has 3 amide bonds. The Morgan fingerprint density at radius 3 is 2.47 bits per heavy atom. The highest BCUT2D eigenvalue weighted by atomic mass is 35.5. The highest BCUT2D eigenvalue weighted by Crippen LogP contribution is 2.25. The lowest BCUT2D eigenvalue weighted by Gasteiger charge is -2.34. The van der Waals surface area contributed by atoms with Crippen LogP contribution < -0.4 is 10.6 Å². The number of piperidine rings is 1. The molecular weight excluding hydrogens is 402 g/mol. The molecule has 158 valence electrons. The van der Waals surface area contributed by atoms with Crippen molar-refractivity contribution in [3.8, 4) is 0 Å². The van der Waals surface area contributed by atoms with Gasteiger partial charge in [-0.1, -0.05) is 41.9 Å². The second kappa shape index (κ2) is 10.8. The van der Waals surface area contributed by atoms with Crippen molar-refractivity contribution in [3.63, 3.8) is 0 Å². The van der Waals surface area contributed by atoms with Crippen molar-refractivity contribution in [1.29, 1.82) is 0 Å².